The maximum absolute atomic E-state index is 14.3. The molecule has 0 bridgehead atoms. The zero-order valence-electron chi connectivity index (χ0n) is 16.6. The quantitative estimate of drug-likeness (QED) is 0.430. The van der Waals surface area contributed by atoms with Crippen LogP contribution in [0.2, 0.25) is 0 Å². The summed E-state index contributed by atoms with van der Waals surface area (Å²) in [5.74, 6) is -2.14. The standard InChI is InChI=1S/C22H20F2N4OS/c1-14-4-5-15(2)20-19(14)26-22(30-20)28(10-3-9-27-11-8-25-13-27)21(29)17-7-6-16(23)12-18(17)24/h4-8,11-13H,3,9-10H2,1-2H3. The van der Waals surface area contributed by atoms with Gasteiger partial charge in [0, 0.05) is 31.5 Å². The van der Waals surface area contributed by atoms with E-state index in [1.165, 1.54) is 22.3 Å². The van der Waals surface area contributed by atoms with Crippen molar-refractivity contribution in [3.05, 3.63) is 77.4 Å². The number of rotatable bonds is 6. The fraction of sp³-hybridized carbons (Fsp3) is 0.227. The van der Waals surface area contributed by atoms with Gasteiger partial charge in [-0.2, -0.15) is 0 Å². The van der Waals surface area contributed by atoms with E-state index in [9.17, 15) is 13.6 Å². The van der Waals surface area contributed by atoms with Gasteiger partial charge in [-0.3, -0.25) is 9.69 Å². The van der Waals surface area contributed by atoms with Gasteiger partial charge in [-0.15, -0.1) is 0 Å². The zero-order chi connectivity index (χ0) is 21.3. The normalized spacial score (nSPS) is 11.2. The van der Waals surface area contributed by atoms with Crippen molar-refractivity contribution in [2.24, 2.45) is 0 Å². The van der Waals surface area contributed by atoms with Crippen molar-refractivity contribution >= 4 is 32.6 Å². The highest BCUT2D eigenvalue weighted by Gasteiger charge is 2.24. The number of halogens is 2. The van der Waals surface area contributed by atoms with Crippen LogP contribution in [-0.2, 0) is 6.54 Å². The summed E-state index contributed by atoms with van der Waals surface area (Å²) in [6.45, 7) is 4.95. The second kappa shape index (κ2) is 8.31. The van der Waals surface area contributed by atoms with Crippen molar-refractivity contribution in [1.29, 1.82) is 0 Å². The molecule has 0 saturated carbocycles. The van der Waals surface area contributed by atoms with Crippen molar-refractivity contribution in [2.75, 3.05) is 11.4 Å². The molecule has 2 heterocycles. The van der Waals surface area contributed by atoms with E-state index in [0.29, 0.717) is 24.6 Å². The molecular weight excluding hydrogens is 406 g/mol. The number of hydrogen-bond donors (Lipinski definition) is 0. The Morgan fingerprint density at radius 3 is 2.67 bits per heavy atom. The third kappa shape index (κ3) is 3.95. The molecule has 30 heavy (non-hydrogen) atoms. The molecule has 0 radical (unpaired) electrons. The van der Waals surface area contributed by atoms with Gasteiger partial charge in [-0.05, 0) is 43.5 Å². The Kier molecular flexibility index (Phi) is 5.59. The number of fused-ring (bicyclic) bond motifs is 1. The van der Waals surface area contributed by atoms with E-state index in [1.54, 1.807) is 12.5 Å². The first-order valence-electron chi connectivity index (χ1n) is 9.53. The van der Waals surface area contributed by atoms with Crippen LogP contribution in [0.4, 0.5) is 13.9 Å². The van der Waals surface area contributed by atoms with Crippen molar-refractivity contribution in [2.45, 2.75) is 26.8 Å². The Morgan fingerprint density at radius 1 is 1.17 bits per heavy atom. The van der Waals surface area contributed by atoms with Crippen molar-refractivity contribution in [3.8, 4) is 0 Å². The smallest absolute Gasteiger partial charge is 0.263 e. The van der Waals surface area contributed by atoms with Crippen LogP contribution in [0.15, 0.2) is 49.1 Å². The van der Waals surface area contributed by atoms with E-state index in [0.717, 1.165) is 33.5 Å². The van der Waals surface area contributed by atoms with Crippen LogP contribution in [0.25, 0.3) is 10.2 Å². The minimum Gasteiger partial charge on any atom is -0.337 e. The first-order chi connectivity index (χ1) is 14.4. The van der Waals surface area contributed by atoms with Gasteiger partial charge in [0.25, 0.3) is 5.91 Å². The lowest BCUT2D eigenvalue weighted by Crippen LogP contribution is -2.33. The predicted molar refractivity (Wildman–Crippen MR) is 114 cm³/mol. The predicted octanol–water partition coefficient (Wildman–Crippen LogP) is 5.12. The Bertz CT molecular complexity index is 1160. The zero-order valence-corrected chi connectivity index (χ0v) is 17.4. The molecule has 8 heteroatoms. The summed E-state index contributed by atoms with van der Waals surface area (Å²) in [6.07, 6.45) is 5.86. The summed E-state index contributed by atoms with van der Waals surface area (Å²) in [5, 5.41) is 0.502. The number of amides is 1. The van der Waals surface area contributed by atoms with Gasteiger partial charge < -0.3 is 4.57 Å². The minimum absolute atomic E-state index is 0.174. The minimum atomic E-state index is -0.881. The molecule has 4 rings (SSSR count). The van der Waals surface area contributed by atoms with Crippen LogP contribution in [0.1, 0.15) is 27.9 Å². The number of benzene rings is 2. The molecule has 0 spiro atoms. The molecule has 0 N–H and O–H groups in total. The third-order valence-corrected chi connectivity index (χ3v) is 6.14. The van der Waals surface area contributed by atoms with E-state index >= 15 is 0 Å². The van der Waals surface area contributed by atoms with Gasteiger partial charge in [0.2, 0.25) is 0 Å². The number of hydrogen-bond acceptors (Lipinski definition) is 4. The third-order valence-electron chi connectivity index (χ3n) is 4.93. The Labute approximate surface area is 176 Å². The number of aryl methyl sites for hydroxylation is 3. The highest BCUT2D eigenvalue weighted by Crippen LogP contribution is 2.34. The highest BCUT2D eigenvalue weighted by molar-refractivity contribution is 7.22. The fourth-order valence-corrected chi connectivity index (χ4v) is 4.42. The summed E-state index contributed by atoms with van der Waals surface area (Å²) in [4.78, 5) is 23.4. The van der Waals surface area contributed by atoms with Crippen molar-refractivity contribution in [3.63, 3.8) is 0 Å². The monoisotopic (exact) mass is 426 g/mol. The van der Waals surface area contributed by atoms with E-state index in [2.05, 4.69) is 4.98 Å². The van der Waals surface area contributed by atoms with E-state index < -0.39 is 17.5 Å². The van der Waals surface area contributed by atoms with Crippen LogP contribution in [-0.4, -0.2) is 27.0 Å². The van der Waals surface area contributed by atoms with Crippen LogP contribution < -0.4 is 4.90 Å². The van der Waals surface area contributed by atoms with Gasteiger partial charge >= 0.3 is 0 Å². The van der Waals surface area contributed by atoms with Crippen LogP contribution in [0, 0.1) is 25.5 Å². The second-order valence-electron chi connectivity index (χ2n) is 7.11. The van der Waals surface area contributed by atoms with Gasteiger partial charge in [0.05, 0.1) is 22.1 Å². The summed E-state index contributed by atoms with van der Waals surface area (Å²) >= 11 is 1.40. The average Bonchev–Trinajstić information content (AvgIpc) is 3.38. The molecule has 0 atom stereocenters. The van der Waals surface area contributed by atoms with Gasteiger partial charge in [-0.25, -0.2) is 18.7 Å². The van der Waals surface area contributed by atoms with Crippen molar-refractivity contribution < 1.29 is 13.6 Å². The van der Waals surface area contributed by atoms with E-state index in [1.807, 2.05) is 36.7 Å². The molecule has 0 unspecified atom stereocenters. The molecule has 0 aliphatic carbocycles. The lowest BCUT2D eigenvalue weighted by atomic mass is 10.1. The Morgan fingerprint density at radius 2 is 1.97 bits per heavy atom. The highest BCUT2D eigenvalue weighted by atomic mass is 32.1. The molecule has 0 saturated heterocycles. The van der Waals surface area contributed by atoms with Gasteiger partial charge in [0.1, 0.15) is 11.6 Å². The molecule has 154 valence electrons. The first-order valence-corrected chi connectivity index (χ1v) is 10.3. The van der Waals surface area contributed by atoms with Crippen LogP contribution >= 0.6 is 11.3 Å². The molecule has 1 amide bonds. The lowest BCUT2D eigenvalue weighted by Gasteiger charge is -2.20. The molecule has 0 fully saturated rings. The fourth-order valence-electron chi connectivity index (χ4n) is 3.29. The van der Waals surface area contributed by atoms with E-state index in [-0.39, 0.29) is 5.56 Å². The molecule has 5 nitrogen and oxygen atoms in total. The summed E-state index contributed by atoms with van der Waals surface area (Å²) in [6, 6.07) is 7.01. The molecule has 0 aliphatic heterocycles. The molecule has 2 aromatic carbocycles. The van der Waals surface area contributed by atoms with Crippen LogP contribution in [0.3, 0.4) is 0 Å². The average molecular weight is 426 g/mol. The number of aromatic nitrogens is 3. The van der Waals surface area contributed by atoms with Crippen LogP contribution in [0.5, 0.6) is 0 Å². The molecule has 4 aromatic rings. The molecular formula is C22H20F2N4OS. The summed E-state index contributed by atoms with van der Waals surface area (Å²) in [7, 11) is 0. The summed E-state index contributed by atoms with van der Waals surface area (Å²) in [5.41, 5.74) is 2.74. The topological polar surface area (TPSA) is 51.0 Å². The Hall–Kier alpha value is -3.13. The Balaban J connectivity index is 1.70. The van der Waals surface area contributed by atoms with Gasteiger partial charge in [-0.1, -0.05) is 23.5 Å². The second-order valence-corrected chi connectivity index (χ2v) is 8.09. The largest absolute Gasteiger partial charge is 0.337 e. The number of nitrogens with zero attached hydrogens (tertiary/aromatic N) is 4. The maximum atomic E-state index is 14.3. The lowest BCUT2D eigenvalue weighted by molar-refractivity contribution is 0.0982. The number of carbonyl (C=O) groups excluding carboxylic acids is 1. The number of imidazole rings is 1. The van der Waals surface area contributed by atoms with Gasteiger partial charge in [0.15, 0.2) is 5.13 Å². The SMILES string of the molecule is Cc1ccc(C)c2sc(N(CCCn3ccnc3)C(=O)c3ccc(F)cc3F)nc12. The number of thiazole rings is 1. The molecule has 2 aromatic heterocycles. The number of anilines is 1. The molecule has 0 aliphatic rings. The first kappa shape index (κ1) is 20.2. The maximum Gasteiger partial charge on any atom is 0.263 e. The number of carbonyl (C=O) groups is 1. The summed E-state index contributed by atoms with van der Waals surface area (Å²) < 4.78 is 30.6. The van der Waals surface area contributed by atoms with Crippen molar-refractivity contribution in [1.82, 2.24) is 14.5 Å². The van der Waals surface area contributed by atoms with E-state index in [4.69, 9.17) is 4.98 Å².